The van der Waals surface area contributed by atoms with E-state index in [1.165, 1.54) is 18.3 Å². The van der Waals surface area contributed by atoms with Crippen LogP contribution in [0.4, 0.5) is 5.69 Å². The molecular weight excluding hydrogens is 370 g/mol. The van der Waals surface area contributed by atoms with Crippen molar-refractivity contribution in [2.75, 3.05) is 0 Å². The lowest BCUT2D eigenvalue weighted by molar-refractivity contribution is -0.384. The van der Waals surface area contributed by atoms with E-state index < -0.39 is 4.92 Å². The number of hydrogen-bond acceptors (Lipinski definition) is 5. The lowest BCUT2D eigenvalue weighted by atomic mass is 10.1. The van der Waals surface area contributed by atoms with Crippen molar-refractivity contribution in [2.45, 2.75) is 6.92 Å². The van der Waals surface area contributed by atoms with Gasteiger partial charge in [0.15, 0.2) is 0 Å². The molecule has 136 valence electrons. The third-order valence-electron chi connectivity index (χ3n) is 3.80. The maximum atomic E-state index is 12.1. The van der Waals surface area contributed by atoms with E-state index in [2.05, 4.69) is 10.5 Å². The first-order valence-electron chi connectivity index (χ1n) is 7.89. The lowest BCUT2D eigenvalue weighted by Gasteiger charge is -2.02. The molecule has 0 radical (unpaired) electrons. The maximum absolute atomic E-state index is 12.1. The first-order chi connectivity index (χ1) is 13.0. The maximum Gasteiger partial charge on any atom is 0.281 e. The number of amides is 1. The van der Waals surface area contributed by atoms with Crippen LogP contribution in [0.5, 0.6) is 0 Å². The van der Waals surface area contributed by atoms with Crippen molar-refractivity contribution in [2.24, 2.45) is 5.10 Å². The molecule has 7 nitrogen and oxygen atoms in total. The van der Waals surface area contributed by atoms with Crippen LogP contribution in [0.25, 0.3) is 11.3 Å². The highest BCUT2D eigenvalue weighted by Gasteiger charge is 2.18. The smallest absolute Gasteiger partial charge is 0.281 e. The van der Waals surface area contributed by atoms with Crippen molar-refractivity contribution in [3.63, 3.8) is 0 Å². The summed E-state index contributed by atoms with van der Waals surface area (Å²) in [6.07, 6.45) is 1.32. The number of benzene rings is 2. The monoisotopic (exact) mass is 383 g/mol. The Morgan fingerprint density at radius 3 is 2.74 bits per heavy atom. The average molecular weight is 384 g/mol. The van der Waals surface area contributed by atoms with Crippen LogP contribution >= 0.6 is 11.6 Å². The Labute approximate surface area is 159 Å². The van der Waals surface area contributed by atoms with Gasteiger partial charge < -0.3 is 4.42 Å². The number of rotatable bonds is 5. The van der Waals surface area contributed by atoms with E-state index in [0.717, 1.165) is 5.56 Å². The molecule has 0 saturated heterocycles. The molecule has 0 aliphatic heterocycles. The van der Waals surface area contributed by atoms with Crippen molar-refractivity contribution < 1.29 is 14.1 Å². The van der Waals surface area contributed by atoms with Gasteiger partial charge in [-0.25, -0.2) is 5.43 Å². The van der Waals surface area contributed by atoms with Crippen molar-refractivity contribution >= 4 is 29.4 Å². The number of nitrogens with one attached hydrogen (secondary N) is 1. The minimum absolute atomic E-state index is 0.159. The predicted molar refractivity (Wildman–Crippen MR) is 102 cm³/mol. The van der Waals surface area contributed by atoms with Crippen molar-refractivity contribution in [1.29, 1.82) is 0 Å². The molecule has 0 unspecified atom stereocenters. The van der Waals surface area contributed by atoms with E-state index in [9.17, 15) is 14.9 Å². The van der Waals surface area contributed by atoms with Crippen LogP contribution < -0.4 is 5.43 Å². The van der Waals surface area contributed by atoms with Gasteiger partial charge in [0.2, 0.25) is 0 Å². The van der Waals surface area contributed by atoms with E-state index in [-0.39, 0.29) is 16.6 Å². The Kier molecular flexibility index (Phi) is 5.33. The zero-order chi connectivity index (χ0) is 19.4. The van der Waals surface area contributed by atoms with E-state index in [1.54, 1.807) is 30.3 Å². The van der Waals surface area contributed by atoms with Gasteiger partial charge in [-0.1, -0.05) is 29.8 Å². The van der Waals surface area contributed by atoms with E-state index in [1.807, 2.05) is 19.1 Å². The second-order valence-electron chi connectivity index (χ2n) is 5.63. The lowest BCUT2D eigenvalue weighted by Crippen LogP contribution is -2.18. The van der Waals surface area contributed by atoms with Gasteiger partial charge in [-0.15, -0.1) is 0 Å². The molecule has 0 aliphatic rings. The van der Waals surface area contributed by atoms with Crippen LogP contribution in [0.15, 0.2) is 64.1 Å². The molecule has 0 aliphatic carbocycles. The van der Waals surface area contributed by atoms with Crippen molar-refractivity contribution in [3.05, 3.63) is 86.6 Å². The Morgan fingerprint density at radius 1 is 1.22 bits per heavy atom. The number of aryl methyl sites for hydroxylation is 1. The number of furan rings is 1. The van der Waals surface area contributed by atoms with Gasteiger partial charge in [-0.2, -0.15) is 5.10 Å². The van der Waals surface area contributed by atoms with Gasteiger partial charge in [-0.05, 0) is 42.8 Å². The third-order valence-corrected chi connectivity index (χ3v) is 4.03. The van der Waals surface area contributed by atoms with Gasteiger partial charge in [0.25, 0.3) is 11.6 Å². The second-order valence-corrected chi connectivity index (χ2v) is 6.07. The molecule has 1 heterocycles. The van der Waals surface area contributed by atoms with Crippen LogP contribution in [0.3, 0.4) is 0 Å². The zero-order valence-electron chi connectivity index (χ0n) is 14.2. The highest BCUT2D eigenvalue weighted by atomic mass is 35.5. The SMILES string of the molecule is Cc1ccccc1C(=O)N/N=C\c1ccc(-c2ccc(Cl)cc2[N+](=O)[O-])o1. The molecule has 0 spiro atoms. The number of hydrazone groups is 1. The number of nitrogens with zero attached hydrogens (tertiary/aromatic N) is 2. The standard InChI is InChI=1S/C19H14ClN3O4/c1-12-4-2-3-5-15(12)19(24)22-21-11-14-7-9-18(27-14)16-8-6-13(20)10-17(16)23(25)26/h2-11H,1H3,(H,22,24)/b21-11-. The summed E-state index contributed by atoms with van der Waals surface area (Å²) >= 11 is 5.82. The molecule has 1 amide bonds. The van der Waals surface area contributed by atoms with Crippen LogP contribution in [0.1, 0.15) is 21.7 Å². The molecule has 3 aromatic rings. The fourth-order valence-electron chi connectivity index (χ4n) is 2.47. The van der Waals surface area contributed by atoms with E-state index >= 15 is 0 Å². The number of halogens is 1. The van der Waals surface area contributed by atoms with E-state index in [0.29, 0.717) is 22.6 Å². The Morgan fingerprint density at radius 2 is 2.00 bits per heavy atom. The quantitative estimate of drug-likeness (QED) is 0.396. The molecule has 0 saturated carbocycles. The van der Waals surface area contributed by atoms with Gasteiger partial charge in [0.05, 0.1) is 16.7 Å². The predicted octanol–water partition coefficient (Wildman–Crippen LogP) is 4.58. The zero-order valence-corrected chi connectivity index (χ0v) is 14.9. The molecule has 0 atom stereocenters. The van der Waals surface area contributed by atoms with Gasteiger partial charge >= 0.3 is 0 Å². The fourth-order valence-corrected chi connectivity index (χ4v) is 2.64. The molecule has 1 aromatic heterocycles. The number of hydrogen-bond donors (Lipinski definition) is 1. The Bertz CT molecular complexity index is 1040. The van der Waals surface area contributed by atoms with Gasteiger partial charge in [0.1, 0.15) is 11.5 Å². The summed E-state index contributed by atoms with van der Waals surface area (Å²) in [5.41, 5.74) is 3.91. The Hall–Kier alpha value is -3.45. The third kappa shape index (κ3) is 4.21. The highest BCUT2D eigenvalue weighted by molar-refractivity contribution is 6.30. The molecule has 3 rings (SSSR count). The highest BCUT2D eigenvalue weighted by Crippen LogP contribution is 2.33. The first kappa shape index (κ1) is 18.3. The van der Waals surface area contributed by atoms with Gasteiger partial charge in [0, 0.05) is 16.7 Å². The van der Waals surface area contributed by atoms with Crippen molar-refractivity contribution in [1.82, 2.24) is 5.43 Å². The normalized spacial score (nSPS) is 10.9. The average Bonchev–Trinajstić information content (AvgIpc) is 3.10. The Balaban J connectivity index is 1.75. The first-order valence-corrected chi connectivity index (χ1v) is 8.26. The number of carbonyl (C=O) groups excluding carboxylic acids is 1. The molecule has 2 aromatic carbocycles. The minimum atomic E-state index is -0.528. The molecular formula is C19H14ClN3O4. The number of nitro groups is 1. The van der Waals surface area contributed by atoms with Gasteiger partial charge in [-0.3, -0.25) is 14.9 Å². The molecule has 27 heavy (non-hydrogen) atoms. The summed E-state index contributed by atoms with van der Waals surface area (Å²) in [5.74, 6) is 0.286. The summed E-state index contributed by atoms with van der Waals surface area (Å²) in [6.45, 7) is 1.83. The second kappa shape index (κ2) is 7.84. The molecule has 8 heteroatoms. The molecule has 1 N–H and O–H groups in total. The summed E-state index contributed by atoms with van der Waals surface area (Å²) in [5, 5.41) is 15.3. The number of nitro benzene ring substituents is 1. The topological polar surface area (TPSA) is 97.7 Å². The summed E-state index contributed by atoms with van der Waals surface area (Å²) in [6, 6.07) is 14.6. The number of carbonyl (C=O) groups is 1. The van der Waals surface area contributed by atoms with Crippen molar-refractivity contribution in [3.8, 4) is 11.3 Å². The summed E-state index contributed by atoms with van der Waals surface area (Å²) in [7, 11) is 0. The summed E-state index contributed by atoms with van der Waals surface area (Å²) in [4.78, 5) is 22.8. The van der Waals surface area contributed by atoms with Crippen LogP contribution in [0.2, 0.25) is 5.02 Å². The summed E-state index contributed by atoms with van der Waals surface area (Å²) < 4.78 is 5.56. The fraction of sp³-hybridized carbons (Fsp3) is 0.0526. The van der Waals surface area contributed by atoms with Crippen LogP contribution in [-0.2, 0) is 0 Å². The molecule has 0 bridgehead atoms. The van der Waals surface area contributed by atoms with Crippen LogP contribution in [0, 0.1) is 17.0 Å². The largest absolute Gasteiger partial charge is 0.455 e. The minimum Gasteiger partial charge on any atom is -0.455 e. The van der Waals surface area contributed by atoms with E-state index in [4.69, 9.17) is 16.0 Å². The van der Waals surface area contributed by atoms with Crippen LogP contribution in [-0.4, -0.2) is 17.0 Å². The molecule has 0 fully saturated rings.